The highest BCUT2D eigenvalue weighted by atomic mass is 19.1. The second-order valence-corrected chi connectivity index (χ2v) is 4.07. The first-order valence-corrected chi connectivity index (χ1v) is 5.47. The molecule has 1 aliphatic heterocycles. The summed E-state index contributed by atoms with van der Waals surface area (Å²) < 4.78 is 18.1. The smallest absolute Gasteiger partial charge is 0.116 e. The van der Waals surface area contributed by atoms with Crippen LogP contribution in [-0.2, 0) is 11.3 Å². The summed E-state index contributed by atoms with van der Waals surface area (Å²) >= 11 is 0. The molecule has 1 aromatic carbocycles. The molecular formula is C15H12FNO. The normalized spacial score (nSPS) is 17.4. The van der Waals surface area contributed by atoms with Gasteiger partial charge in [0.15, 0.2) is 0 Å². The SMILES string of the molecule is C=C(F)/C=C\C(=C)C1OCc2cc(C#N)ccc21. The largest absolute Gasteiger partial charge is 0.364 e. The molecule has 0 fully saturated rings. The molecule has 0 saturated carbocycles. The molecule has 0 N–H and O–H groups in total. The zero-order valence-corrected chi connectivity index (χ0v) is 9.82. The van der Waals surface area contributed by atoms with Gasteiger partial charge in [-0.05, 0) is 34.9 Å². The maximum atomic E-state index is 12.5. The number of fused-ring (bicyclic) bond motifs is 1. The predicted molar refractivity (Wildman–Crippen MR) is 67.2 cm³/mol. The molecule has 1 heterocycles. The maximum absolute atomic E-state index is 12.5. The van der Waals surface area contributed by atoms with Gasteiger partial charge in [0.1, 0.15) is 11.9 Å². The third-order valence-corrected chi connectivity index (χ3v) is 2.78. The fraction of sp³-hybridized carbons (Fsp3) is 0.133. The lowest BCUT2D eigenvalue weighted by Gasteiger charge is -2.11. The van der Waals surface area contributed by atoms with Gasteiger partial charge in [-0.2, -0.15) is 5.26 Å². The Bertz CT molecular complexity index is 581. The second kappa shape index (κ2) is 4.99. The fourth-order valence-electron chi connectivity index (χ4n) is 1.91. The molecule has 0 aromatic heterocycles. The van der Waals surface area contributed by atoms with E-state index in [0.29, 0.717) is 17.7 Å². The van der Waals surface area contributed by atoms with Gasteiger partial charge in [-0.25, -0.2) is 4.39 Å². The van der Waals surface area contributed by atoms with Crippen LogP contribution in [0.3, 0.4) is 0 Å². The standard InChI is InChI=1S/C15H12FNO/c1-10(3-4-11(2)16)15-14-6-5-12(8-17)7-13(14)9-18-15/h3-7,15H,1-2,9H2/b4-3-. The Morgan fingerprint density at radius 2 is 2.22 bits per heavy atom. The van der Waals surface area contributed by atoms with Gasteiger partial charge in [0.05, 0.1) is 18.2 Å². The molecule has 1 unspecified atom stereocenters. The summed E-state index contributed by atoms with van der Waals surface area (Å²) in [6, 6.07) is 7.49. The number of benzene rings is 1. The van der Waals surface area contributed by atoms with E-state index in [4.69, 9.17) is 10.00 Å². The van der Waals surface area contributed by atoms with Crippen LogP contribution in [0, 0.1) is 11.3 Å². The van der Waals surface area contributed by atoms with E-state index in [0.717, 1.165) is 11.1 Å². The van der Waals surface area contributed by atoms with Crippen molar-refractivity contribution in [1.29, 1.82) is 5.26 Å². The van der Waals surface area contributed by atoms with Gasteiger partial charge >= 0.3 is 0 Å². The first-order chi connectivity index (χ1) is 8.61. The average molecular weight is 241 g/mol. The lowest BCUT2D eigenvalue weighted by Crippen LogP contribution is -1.97. The zero-order chi connectivity index (χ0) is 13.1. The number of ether oxygens (including phenoxy) is 1. The number of rotatable bonds is 3. The van der Waals surface area contributed by atoms with Crippen LogP contribution < -0.4 is 0 Å². The first kappa shape index (κ1) is 12.3. The van der Waals surface area contributed by atoms with Crippen molar-refractivity contribution in [3.05, 3.63) is 71.6 Å². The van der Waals surface area contributed by atoms with Crippen molar-refractivity contribution >= 4 is 0 Å². The highest BCUT2D eigenvalue weighted by molar-refractivity contribution is 5.44. The van der Waals surface area contributed by atoms with Crippen LogP contribution in [-0.4, -0.2) is 0 Å². The van der Waals surface area contributed by atoms with Crippen molar-refractivity contribution in [2.24, 2.45) is 0 Å². The molecule has 3 heteroatoms. The van der Waals surface area contributed by atoms with Crippen molar-refractivity contribution in [2.45, 2.75) is 12.7 Å². The van der Waals surface area contributed by atoms with Gasteiger partial charge < -0.3 is 4.74 Å². The van der Waals surface area contributed by atoms with E-state index in [-0.39, 0.29) is 6.10 Å². The van der Waals surface area contributed by atoms with E-state index in [1.807, 2.05) is 6.07 Å². The van der Waals surface area contributed by atoms with Gasteiger partial charge in [0.25, 0.3) is 0 Å². The van der Waals surface area contributed by atoms with Gasteiger partial charge in [-0.15, -0.1) is 0 Å². The number of halogens is 1. The summed E-state index contributed by atoms with van der Waals surface area (Å²) in [7, 11) is 0. The molecular weight excluding hydrogens is 229 g/mol. The molecule has 1 aliphatic rings. The Hall–Kier alpha value is -2.18. The Morgan fingerprint density at radius 1 is 1.44 bits per heavy atom. The van der Waals surface area contributed by atoms with E-state index in [9.17, 15) is 4.39 Å². The molecule has 0 radical (unpaired) electrons. The van der Waals surface area contributed by atoms with Crippen molar-refractivity contribution in [3.8, 4) is 6.07 Å². The molecule has 0 aliphatic carbocycles. The fourth-order valence-corrected chi connectivity index (χ4v) is 1.91. The second-order valence-electron chi connectivity index (χ2n) is 4.07. The summed E-state index contributed by atoms with van der Waals surface area (Å²) in [6.45, 7) is 7.46. The molecule has 0 saturated heterocycles. The molecule has 0 amide bonds. The summed E-state index contributed by atoms with van der Waals surface area (Å²) in [6.07, 6.45) is 2.54. The van der Waals surface area contributed by atoms with Gasteiger partial charge in [0.2, 0.25) is 0 Å². The van der Waals surface area contributed by atoms with E-state index < -0.39 is 5.83 Å². The highest BCUT2D eigenvalue weighted by Crippen LogP contribution is 2.36. The zero-order valence-electron chi connectivity index (χ0n) is 9.82. The monoisotopic (exact) mass is 241 g/mol. The third kappa shape index (κ3) is 2.39. The molecule has 2 rings (SSSR count). The summed E-state index contributed by atoms with van der Waals surface area (Å²) in [5.74, 6) is -0.519. The topological polar surface area (TPSA) is 33.0 Å². The molecule has 0 spiro atoms. The minimum atomic E-state index is -0.519. The number of nitriles is 1. The van der Waals surface area contributed by atoms with Crippen molar-refractivity contribution < 1.29 is 9.13 Å². The van der Waals surface area contributed by atoms with E-state index >= 15 is 0 Å². The van der Waals surface area contributed by atoms with E-state index in [1.165, 1.54) is 6.08 Å². The van der Waals surface area contributed by atoms with Crippen molar-refractivity contribution in [3.63, 3.8) is 0 Å². The van der Waals surface area contributed by atoms with Crippen LogP contribution in [0.1, 0.15) is 22.8 Å². The van der Waals surface area contributed by atoms with Crippen LogP contribution in [0.5, 0.6) is 0 Å². The van der Waals surface area contributed by atoms with Crippen LogP contribution in [0.2, 0.25) is 0 Å². The number of allylic oxidation sites excluding steroid dienone is 2. The van der Waals surface area contributed by atoms with Crippen LogP contribution >= 0.6 is 0 Å². The summed E-state index contributed by atoms with van der Waals surface area (Å²) in [4.78, 5) is 0. The van der Waals surface area contributed by atoms with Gasteiger partial charge in [0, 0.05) is 0 Å². The van der Waals surface area contributed by atoms with Crippen LogP contribution in [0.4, 0.5) is 4.39 Å². The minimum absolute atomic E-state index is 0.275. The molecule has 18 heavy (non-hydrogen) atoms. The number of hydrogen-bond acceptors (Lipinski definition) is 2. The van der Waals surface area contributed by atoms with E-state index in [2.05, 4.69) is 19.2 Å². The molecule has 1 atom stereocenters. The van der Waals surface area contributed by atoms with Crippen molar-refractivity contribution in [2.75, 3.05) is 0 Å². The highest BCUT2D eigenvalue weighted by Gasteiger charge is 2.24. The Kier molecular flexibility index (Phi) is 3.40. The Balaban J connectivity index is 2.25. The maximum Gasteiger partial charge on any atom is 0.116 e. The molecule has 0 bridgehead atoms. The molecule has 1 aromatic rings. The molecule has 2 nitrogen and oxygen atoms in total. The Morgan fingerprint density at radius 3 is 2.89 bits per heavy atom. The first-order valence-electron chi connectivity index (χ1n) is 5.47. The van der Waals surface area contributed by atoms with Crippen LogP contribution in [0.25, 0.3) is 0 Å². The molecule has 90 valence electrons. The lowest BCUT2D eigenvalue weighted by molar-refractivity contribution is 0.0937. The number of hydrogen-bond donors (Lipinski definition) is 0. The number of nitrogens with zero attached hydrogens (tertiary/aromatic N) is 1. The summed E-state index contributed by atoms with van der Waals surface area (Å²) in [5, 5.41) is 8.82. The minimum Gasteiger partial charge on any atom is -0.364 e. The third-order valence-electron chi connectivity index (χ3n) is 2.78. The van der Waals surface area contributed by atoms with Crippen LogP contribution in [0.15, 0.2) is 54.9 Å². The summed E-state index contributed by atoms with van der Waals surface area (Å²) in [5.41, 5.74) is 3.23. The lowest BCUT2D eigenvalue weighted by atomic mass is 9.98. The Labute approximate surface area is 105 Å². The average Bonchev–Trinajstić information content (AvgIpc) is 2.78. The van der Waals surface area contributed by atoms with E-state index in [1.54, 1.807) is 18.2 Å². The van der Waals surface area contributed by atoms with Gasteiger partial charge in [-0.1, -0.05) is 25.3 Å². The quantitative estimate of drug-likeness (QED) is 0.755. The van der Waals surface area contributed by atoms with Gasteiger partial charge in [-0.3, -0.25) is 0 Å². The predicted octanol–water partition coefficient (Wildman–Crippen LogP) is 3.73. The van der Waals surface area contributed by atoms with Crippen molar-refractivity contribution in [1.82, 2.24) is 0 Å².